The number of rotatable bonds is 5. The third-order valence-electron chi connectivity index (χ3n) is 4.98. The maximum Gasteiger partial charge on any atom is 0.221 e. The quantitative estimate of drug-likeness (QED) is 0.753. The highest BCUT2D eigenvalue weighted by Crippen LogP contribution is 2.43. The minimum Gasteiger partial charge on any atom is -0.497 e. The molecule has 5 heteroatoms. The third kappa shape index (κ3) is 3.10. The monoisotopic (exact) mass is 364 g/mol. The molecule has 1 amide bonds. The molecule has 2 atom stereocenters. The highest BCUT2D eigenvalue weighted by atomic mass is 32.1. The Morgan fingerprint density at radius 1 is 1.23 bits per heavy atom. The second-order valence-corrected chi connectivity index (χ2v) is 7.48. The molecule has 0 saturated heterocycles. The summed E-state index contributed by atoms with van der Waals surface area (Å²) in [5, 5.41) is 3.06. The molecule has 1 aromatic heterocycles. The summed E-state index contributed by atoms with van der Waals surface area (Å²) in [6.07, 6.45) is 1.46. The van der Waals surface area contributed by atoms with Crippen LogP contribution in [0.4, 0.5) is 0 Å². The van der Waals surface area contributed by atoms with E-state index in [2.05, 4.69) is 29.6 Å². The molecule has 1 aliphatic rings. The van der Waals surface area contributed by atoms with Gasteiger partial charge in [0.15, 0.2) is 0 Å². The molecule has 2 aromatic carbocycles. The van der Waals surface area contributed by atoms with Crippen molar-refractivity contribution in [3.05, 3.63) is 81.3 Å². The fourth-order valence-electron chi connectivity index (χ4n) is 3.66. The Balaban J connectivity index is 1.61. The van der Waals surface area contributed by atoms with Crippen LogP contribution < -0.4 is 10.5 Å². The Morgan fingerprint density at radius 3 is 2.73 bits per heavy atom. The number of ether oxygens (including phenoxy) is 1. The maximum absolute atomic E-state index is 12.0. The van der Waals surface area contributed by atoms with Gasteiger partial charge in [-0.25, -0.2) is 4.98 Å². The van der Waals surface area contributed by atoms with Crippen molar-refractivity contribution in [1.82, 2.24) is 4.98 Å². The van der Waals surface area contributed by atoms with Gasteiger partial charge in [0, 0.05) is 17.7 Å². The molecule has 0 fully saturated rings. The Labute approximate surface area is 156 Å². The molecule has 26 heavy (non-hydrogen) atoms. The Bertz CT molecular complexity index is 933. The molecule has 0 bridgehead atoms. The first kappa shape index (κ1) is 16.8. The van der Waals surface area contributed by atoms with Gasteiger partial charge in [0.1, 0.15) is 10.8 Å². The van der Waals surface area contributed by atoms with Crippen LogP contribution in [0.25, 0.3) is 0 Å². The second kappa shape index (κ2) is 6.92. The first-order chi connectivity index (χ1) is 12.7. The van der Waals surface area contributed by atoms with Crippen LogP contribution in [-0.4, -0.2) is 18.0 Å². The predicted octanol–water partition coefficient (Wildman–Crippen LogP) is 3.53. The number of hydrogen-bond donors (Lipinski definition) is 1. The average molecular weight is 364 g/mol. The summed E-state index contributed by atoms with van der Waals surface area (Å²) in [6, 6.07) is 16.2. The molecule has 4 nitrogen and oxygen atoms in total. The predicted molar refractivity (Wildman–Crippen MR) is 103 cm³/mol. The van der Waals surface area contributed by atoms with Crippen LogP contribution >= 0.6 is 11.3 Å². The Hall–Kier alpha value is -2.66. The molecule has 132 valence electrons. The highest BCUT2D eigenvalue weighted by Gasteiger charge is 2.38. The van der Waals surface area contributed by atoms with Gasteiger partial charge >= 0.3 is 0 Å². The fourth-order valence-corrected chi connectivity index (χ4v) is 4.66. The average Bonchev–Trinajstić information content (AvgIpc) is 3.26. The van der Waals surface area contributed by atoms with E-state index in [4.69, 9.17) is 15.5 Å². The Morgan fingerprint density at radius 2 is 2.00 bits per heavy atom. The van der Waals surface area contributed by atoms with E-state index in [9.17, 15) is 4.79 Å². The molecule has 4 rings (SSSR count). The summed E-state index contributed by atoms with van der Waals surface area (Å²) < 4.78 is 5.20. The van der Waals surface area contributed by atoms with Crippen molar-refractivity contribution in [2.24, 2.45) is 11.7 Å². The zero-order valence-corrected chi connectivity index (χ0v) is 15.3. The van der Waals surface area contributed by atoms with Crippen LogP contribution in [-0.2, 0) is 17.6 Å². The van der Waals surface area contributed by atoms with E-state index in [-0.39, 0.29) is 17.7 Å². The van der Waals surface area contributed by atoms with Crippen LogP contribution in [0.2, 0.25) is 0 Å². The maximum atomic E-state index is 12.0. The highest BCUT2D eigenvalue weighted by molar-refractivity contribution is 7.09. The van der Waals surface area contributed by atoms with E-state index in [0.29, 0.717) is 6.42 Å². The number of primary amides is 1. The SMILES string of the molecule is COc1ccc(Cc2csc(C3c4ccccc4CC3C(N)=O)n2)cc1. The minimum atomic E-state index is -0.252. The number of nitrogens with zero attached hydrogens (tertiary/aromatic N) is 1. The first-order valence-corrected chi connectivity index (χ1v) is 9.48. The van der Waals surface area contributed by atoms with Gasteiger partial charge < -0.3 is 10.5 Å². The van der Waals surface area contributed by atoms with Crippen LogP contribution in [0, 0.1) is 5.92 Å². The van der Waals surface area contributed by atoms with Crippen LogP contribution in [0.5, 0.6) is 5.75 Å². The number of carbonyl (C=O) groups excluding carboxylic acids is 1. The van der Waals surface area contributed by atoms with Crippen LogP contribution in [0.15, 0.2) is 53.9 Å². The van der Waals surface area contributed by atoms with Crippen molar-refractivity contribution < 1.29 is 9.53 Å². The molecule has 3 aromatic rings. The summed E-state index contributed by atoms with van der Waals surface area (Å²) in [6.45, 7) is 0. The minimum absolute atomic E-state index is 0.0293. The lowest BCUT2D eigenvalue weighted by atomic mass is 9.92. The van der Waals surface area contributed by atoms with Crippen LogP contribution in [0.1, 0.15) is 33.3 Å². The van der Waals surface area contributed by atoms with Crippen molar-refractivity contribution in [2.45, 2.75) is 18.8 Å². The molecule has 0 saturated carbocycles. The molecule has 0 aliphatic heterocycles. The summed E-state index contributed by atoms with van der Waals surface area (Å²) in [5.74, 6) is 0.350. The van der Waals surface area contributed by atoms with Crippen molar-refractivity contribution >= 4 is 17.2 Å². The smallest absolute Gasteiger partial charge is 0.221 e. The van der Waals surface area contributed by atoms with Gasteiger partial charge in [-0.15, -0.1) is 11.3 Å². The van der Waals surface area contributed by atoms with Gasteiger partial charge in [0.05, 0.1) is 18.7 Å². The van der Waals surface area contributed by atoms with E-state index in [1.54, 1.807) is 18.4 Å². The zero-order chi connectivity index (χ0) is 18.1. The van der Waals surface area contributed by atoms with E-state index in [1.807, 2.05) is 24.3 Å². The number of methoxy groups -OCH3 is 1. The lowest BCUT2D eigenvalue weighted by Crippen LogP contribution is -2.27. The number of amides is 1. The lowest BCUT2D eigenvalue weighted by molar-refractivity contribution is -0.121. The number of thiazole rings is 1. The molecule has 1 aliphatic carbocycles. The first-order valence-electron chi connectivity index (χ1n) is 8.60. The summed E-state index contributed by atoms with van der Waals surface area (Å²) in [7, 11) is 1.66. The van der Waals surface area contributed by atoms with Gasteiger partial charge in [-0.3, -0.25) is 4.79 Å². The largest absolute Gasteiger partial charge is 0.497 e. The van der Waals surface area contributed by atoms with Crippen LogP contribution in [0.3, 0.4) is 0 Å². The van der Waals surface area contributed by atoms with Crippen molar-refractivity contribution in [2.75, 3.05) is 7.11 Å². The zero-order valence-electron chi connectivity index (χ0n) is 14.5. The van der Waals surface area contributed by atoms with Gasteiger partial charge in [0.25, 0.3) is 0 Å². The summed E-state index contributed by atoms with van der Waals surface area (Å²) in [4.78, 5) is 16.8. The van der Waals surface area contributed by atoms with Gasteiger partial charge in [-0.05, 0) is 35.2 Å². The molecule has 1 heterocycles. The number of benzene rings is 2. The number of fused-ring (bicyclic) bond motifs is 1. The molecular formula is C21H20N2O2S. The summed E-state index contributed by atoms with van der Waals surface area (Å²) >= 11 is 1.61. The van der Waals surface area contributed by atoms with Gasteiger partial charge in [-0.2, -0.15) is 0 Å². The molecular weight excluding hydrogens is 344 g/mol. The van der Waals surface area contributed by atoms with Gasteiger partial charge in [-0.1, -0.05) is 36.4 Å². The third-order valence-corrected chi connectivity index (χ3v) is 5.95. The number of carbonyl (C=O) groups is 1. The number of aromatic nitrogens is 1. The van der Waals surface area contributed by atoms with E-state index in [1.165, 1.54) is 16.7 Å². The molecule has 0 radical (unpaired) electrons. The van der Waals surface area contributed by atoms with Crippen molar-refractivity contribution in [1.29, 1.82) is 0 Å². The fraction of sp³-hybridized carbons (Fsp3) is 0.238. The van der Waals surface area contributed by atoms with Gasteiger partial charge in [0.2, 0.25) is 5.91 Å². The summed E-state index contributed by atoms with van der Waals surface area (Å²) in [5.41, 5.74) is 10.3. The van der Waals surface area contributed by atoms with E-state index < -0.39 is 0 Å². The lowest BCUT2D eigenvalue weighted by Gasteiger charge is -2.15. The standard InChI is InChI=1S/C21H20N2O2S/c1-25-16-8-6-13(7-9-16)10-15-12-26-21(23-15)19-17-5-3-2-4-14(17)11-18(19)20(22)24/h2-9,12,18-19H,10-11H2,1H3,(H2,22,24). The Kier molecular flexibility index (Phi) is 4.47. The number of nitrogens with two attached hydrogens (primary N) is 1. The molecule has 2 N–H and O–H groups in total. The van der Waals surface area contributed by atoms with Crippen molar-refractivity contribution in [3.8, 4) is 5.75 Å². The topological polar surface area (TPSA) is 65.2 Å². The normalized spacial score (nSPS) is 18.5. The van der Waals surface area contributed by atoms with E-state index in [0.717, 1.165) is 22.9 Å². The second-order valence-electron chi connectivity index (χ2n) is 6.59. The molecule has 2 unspecified atom stereocenters. The number of hydrogen-bond acceptors (Lipinski definition) is 4. The van der Waals surface area contributed by atoms with Crippen molar-refractivity contribution in [3.63, 3.8) is 0 Å². The molecule has 0 spiro atoms. The van der Waals surface area contributed by atoms with E-state index >= 15 is 0 Å².